The van der Waals surface area contributed by atoms with Gasteiger partial charge in [0.25, 0.3) is 0 Å². The van der Waals surface area contributed by atoms with Crippen molar-refractivity contribution in [3.8, 4) is 6.07 Å². The van der Waals surface area contributed by atoms with E-state index in [0.717, 1.165) is 35.7 Å². The number of nitrogens with two attached hydrogens (primary N) is 1. The molecule has 0 radical (unpaired) electrons. The van der Waals surface area contributed by atoms with Crippen LogP contribution in [-0.4, -0.2) is 31.3 Å². The summed E-state index contributed by atoms with van der Waals surface area (Å²) in [5, 5.41) is 9.00. The molecule has 1 aliphatic heterocycles. The molecule has 39 heavy (non-hydrogen) atoms. The standard InChI is InChI=1S/C9H19N.C9H12.C8H6ClN.C8H9NO/c1-4-8(2)9-5-6-10(3)7-9;1-3-9-7-5-4-6-8(9)2;1-6-2-3-7(5-10)8(9)4-6;1-6-2-3-7(5-10)4-8(6)9/h8-9H,4-7H2,1-3H3;4-7H,3H2,1-2H3;2-4H,1H3;2-5H,9H2,1H3. The lowest BCUT2D eigenvalue weighted by molar-refractivity contribution is 0.112. The number of likely N-dealkylation sites (tertiary alicyclic amines) is 1. The van der Waals surface area contributed by atoms with E-state index in [2.05, 4.69) is 63.9 Å². The van der Waals surface area contributed by atoms with Crippen LogP contribution in [0.2, 0.25) is 5.02 Å². The van der Waals surface area contributed by atoms with E-state index in [0.29, 0.717) is 21.8 Å². The average molecular weight is 548 g/mol. The number of rotatable bonds is 4. The highest BCUT2D eigenvalue weighted by molar-refractivity contribution is 6.31. The molecular weight excluding hydrogens is 502 g/mol. The molecule has 4 rings (SSSR count). The Morgan fingerprint density at radius 2 is 1.77 bits per heavy atom. The van der Waals surface area contributed by atoms with Crippen molar-refractivity contribution < 1.29 is 4.79 Å². The number of carbonyl (C=O) groups excluding carboxylic acids is 1. The van der Waals surface area contributed by atoms with E-state index in [1.807, 2.05) is 32.0 Å². The van der Waals surface area contributed by atoms with Crippen LogP contribution in [0.15, 0.2) is 60.7 Å². The molecule has 4 nitrogen and oxygen atoms in total. The number of nitrogen functional groups attached to an aromatic ring is 1. The molecule has 1 saturated heterocycles. The lowest BCUT2D eigenvalue weighted by Crippen LogP contribution is -2.17. The van der Waals surface area contributed by atoms with Crippen LogP contribution in [0.3, 0.4) is 0 Å². The molecule has 1 heterocycles. The first-order valence-electron chi connectivity index (χ1n) is 13.8. The van der Waals surface area contributed by atoms with Crippen molar-refractivity contribution in [3.05, 3.63) is 99.1 Å². The van der Waals surface area contributed by atoms with Crippen LogP contribution in [0.4, 0.5) is 5.69 Å². The van der Waals surface area contributed by atoms with Crippen LogP contribution in [-0.2, 0) is 6.42 Å². The number of nitriles is 1. The van der Waals surface area contributed by atoms with Gasteiger partial charge in [0.2, 0.25) is 0 Å². The fourth-order valence-corrected chi connectivity index (χ4v) is 4.49. The van der Waals surface area contributed by atoms with Crippen LogP contribution in [0, 0.1) is 43.9 Å². The van der Waals surface area contributed by atoms with Crippen LogP contribution >= 0.6 is 11.6 Å². The van der Waals surface area contributed by atoms with E-state index >= 15 is 0 Å². The van der Waals surface area contributed by atoms with Crippen LogP contribution < -0.4 is 5.73 Å². The molecule has 3 aromatic carbocycles. The molecule has 1 fully saturated rings. The highest BCUT2D eigenvalue weighted by Crippen LogP contribution is 2.24. The highest BCUT2D eigenvalue weighted by atomic mass is 35.5. The third-order valence-electron chi connectivity index (χ3n) is 7.20. The summed E-state index contributed by atoms with van der Waals surface area (Å²) in [6, 6.07) is 21.1. The monoisotopic (exact) mass is 547 g/mol. The molecule has 0 aliphatic carbocycles. The van der Waals surface area contributed by atoms with Crippen molar-refractivity contribution in [2.75, 3.05) is 25.9 Å². The maximum absolute atomic E-state index is 10.2. The fraction of sp³-hybridized carbons (Fsp3) is 0.412. The van der Waals surface area contributed by atoms with E-state index in [1.54, 1.807) is 24.3 Å². The van der Waals surface area contributed by atoms with Crippen molar-refractivity contribution in [3.63, 3.8) is 0 Å². The minimum atomic E-state index is 0.530. The van der Waals surface area contributed by atoms with E-state index < -0.39 is 0 Å². The summed E-state index contributed by atoms with van der Waals surface area (Å²) < 4.78 is 0. The zero-order valence-corrected chi connectivity index (χ0v) is 25.6. The van der Waals surface area contributed by atoms with Gasteiger partial charge in [0, 0.05) is 17.8 Å². The maximum Gasteiger partial charge on any atom is 0.150 e. The topological polar surface area (TPSA) is 70.1 Å². The van der Waals surface area contributed by atoms with Gasteiger partial charge in [-0.25, -0.2) is 0 Å². The summed E-state index contributed by atoms with van der Waals surface area (Å²) in [4.78, 5) is 12.7. The molecule has 2 atom stereocenters. The summed E-state index contributed by atoms with van der Waals surface area (Å²) in [6.45, 7) is 15.5. The zero-order chi connectivity index (χ0) is 29.4. The number of hydrogen-bond donors (Lipinski definition) is 1. The zero-order valence-electron chi connectivity index (χ0n) is 24.8. The summed E-state index contributed by atoms with van der Waals surface area (Å²) in [5.74, 6) is 1.92. The number of nitrogens with zero attached hydrogens (tertiary/aromatic N) is 2. The second kappa shape index (κ2) is 18.2. The number of aldehydes is 1. The van der Waals surface area contributed by atoms with Crippen LogP contribution in [0.1, 0.15) is 71.8 Å². The number of benzene rings is 3. The van der Waals surface area contributed by atoms with Gasteiger partial charge in [-0.15, -0.1) is 0 Å². The molecule has 0 aromatic heterocycles. The quantitative estimate of drug-likeness (QED) is 0.263. The summed E-state index contributed by atoms with van der Waals surface area (Å²) >= 11 is 5.71. The second-order valence-corrected chi connectivity index (χ2v) is 10.7. The van der Waals surface area contributed by atoms with Crippen molar-refractivity contribution in [1.82, 2.24) is 4.90 Å². The molecule has 0 bridgehead atoms. The fourth-order valence-electron chi connectivity index (χ4n) is 4.22. The van der Waals surface area contributed by atoms with Gasteiger partial charge in [-0.1, -0.05) is 81.3 Å². The van der Waals surface area contributed by atoms with Gasteiger partial charge in [0.1, 0.15) is 12.4 Å². The number of halogens is 1. The van der Waals surface area contributed by atoms with Gasteiger partial charge in [0.05, 0.1) is 10.6 Å². The lowest BCUT2D eigenvalue weighted by Gasteiger charge is -2.16. The molecule has 210 valence electrons. The molecule has 0 saturated carbocycles. The highest BCUT2D eigenvalue weighted by Gasteiger charge is 2.23. The first kappa shape index (κ1) is 33.9. The normalized spacial score (nSPS) is 14.8. The summed E-state index contributed by atoms with van der Waals surface area (Å²) in [7, 11) is 2.22. The third-order valence-corrected chi connectivity index (χ3v) is 7.52. The molecule has 2 unspecified atom stereocenters. The minimum absolute atomic E-state index is 0.530. The van der Waals surface area contributed by atoms with E-state index in [-0.39, 0.29) is 0 Å². The van der Waals surface area contributed by atoms with Crippen molar-refractivity contribution in [1.29, 1.82) is 5.26 Å². The Kier molecular flexibility index (Phi) is 15.8. The Balaban J connectivity index is 0.000000260. The molecule has 0 amide bonds. The van der Waals surface area contributed by atoms with Crippen LogP contribution in [0.25, 0.3) is 0 Å². The van der Waals surface area contributed by atoms with Crippen molar-refractivity contribution in [2.24, 2.45) is 11.8 Å². The third kappa shape index (κ3) is 12.5. The van der Waals surface area contributed by atoms with Crippen molar-refractivity contribution >= 4 is 23.6 Å². The number of hydrogen-bond acceptors (Lipinski definition) is 4. The predicted molar refractivity (Wildman–Crippen MR) is 167 cm³/mol. The van der Waals surface area contributed by atoms with Gasteiger partial charge in [-0.05, 0) is 99.5 Å². The molecular formula is C34H46ClN3O. The number of carbonyl (C=O) groups is 1. The average Bonchev–Trinajstić information content (AvgIpc) is 3.37. The Morgan fingerprint density at radius 1 is 1.08 bits per heavy atom. The number of aryl methyl sites for hydroxylation is 4. The Morgan fingerprint density at radius 3 is 2.23 bits per heavy atom. The molecule has 0 spiro atoms. The van der Waals surface area contributed by atoms with Gasteiger partial charge in [-0.2, -0.15) is 5.26 Å². The van der Waals surface area contributed by atoms with Crippen molar-refractivity contribution in [2.45, 2.75) is 60.8 Å². The van der Waals surface area contributed by atoms with E-state index in [1.165, 1.54) is 37.1 Å². The second-order valence-electron chi connectivity index (χ2n) is 10.3. The lowest BCUT2D eigenvalue weighted by atomic mass is 9.91. The minimum Gasteiger partial charge on any atom is -0.398 e. The van der Waals surface area contributed by atoms with Gasteiger partial charge in [0.15, 0.2) is 0 Å². The Hall–Kier alpha value is -3.13. The first-order chi connectivity index (χ1) is 18.6. The van der Waals surface area contributed by atoms with E-state index in [4.69, 9.17) is 22.6 Å². The van der Waals surface area contributed by atoms with Crippen LogP contribution in [0.5, 0.6) is 0 Å². The molecule has 2 N–H and O–H groups in total. The molecule has 3 aromatic rings. The molecule has 5 heteroatoms. The van der Waals surface area contributed by atoms with Gasteiger partial charge >= 0.3 is 0 Å². The Bertz CT molecular complexity index is 1200. The maximum atomic E-state index is 10.2. The number of anilines is 1. The summed E-state index contributed by atoms with van der Waals surface area (Å²) in [6.07, 6.45) is 4.70. The van der Waals surface area contributed by atoms with Gasteiger partial charge in [-0.3, -0.25) is 4.79 Å². The largest absolute Gasteiger partial charge is 0.398 e. The summed E-state index contributed by atoms with van der Waals surface area (Å²) in [5.41, 5.74) is 12.3. The van der Waals surface area contributed by atoms with E-state index in [9.17, 15) is 4.79 Å². The molecule has 1 aliphatic rings. The predicted octanol–water partition coefficient (Wildman–Crippen LogP) is 8.45. The SMILES string of the molecule is CCC(C)C1CCN(C)C1.CCc1ccccc1C.Cc1ccc(C#N)c(Cl)c1.Cc1ccc(C=O)cc1N. The first-order valence-corrected chi connectivity index (χ1v) is 14.1. The van der Waals surface area contributed by atoms with Gasteiger partial charge < -0.3 is 10.6 Å². The Labute approximate surface area is 241 Å². The smallest absolute Gasteiger partial charge is 0.150 e.